The third-order valence-corrected chi connectivity index (χ3v) is 3.70. The standard InChI is InChI=1S/C19H30N2/c1-8-16-11-17(9-2)19(21-12-20-14(5)6)15(7)18(16)10-13(3)4/h11,13-14H,8-10H2,1-7H3. The molecule has 0 heterocycles. The summed E-state index contributed by atoms with van der Waals surface area (Å²) in [5, 5.41) is 0. The van der Waals surface area contributed by atoms with Gasteiger partial charge in [-0.25, -0.2) is 4.99 Å². The zero-order chi connectivity index (χ0) is 16.0. The molecule has 0 aromatic heterocycles. The molecule has 0 unspecified atom stereocenters. The molecule has 0 aliphatic rings. The molecule has 0 N–H and O–H groups in total. The second-order valence-electron chi connectivity index (χ2n) is 6.39. The zero-order valence-electron chi connectivity index (χ0n) is 14.7. The molecule has 2 nitrogen and oxygen atoms in total. The fraction of sp³-hybridized carbons (Fsp3) is 0.632. The van der Waals surface area contributed by atoms with Gasteiger partial charge in [0.2, 0.25) is 0 Å². The van der Waals surface area contributed by atoms with Gasteiger partial charge < -0.3 is 0 Å². The van der Waals surface area contributed by atoms with Crippen LogP contribution in [0, 0.1) is 12.8 Å². The monoisotopic (exact) mass is 286 g/mol. The average molecular weight is 286 g/mol. The molecule has 0 fully saturated rings. The Bertz CT molecular complexity index is 533. The molecule has 0 atom stereocenters. The Morgan fingerprint density at radius 2 is 1.67 bits per heavy atom. The van der Waals surface area contributed by atoms with Crippen molar-refractivity contribution < 1.29 is 0 Å². The molecular weight excluding hydrogens is 256 g/mol. The van der Waals surface area contributed by atoms with E-state index in [-0.39, 0.29) is 6.04 Å². The number of hydrogen-bond donors (Lipinski definition) is 0. The predicted molar refractivity (Wildman–Crippen MR) is 93.1 cm³/mol. The van der Waals surface area contributed by atoms with Crippen molar-refractivity contribution in [2.45, 2.75) is 73.8 Å². The fourth-order valence-electron chi connectivity index (χ4n) is 2.62. The molecule has 0 saturated heterocycles. The van der Waals surface area contributed by atoms with Crippen LogP contribution in [0.1, 0.15) is 63.8 Å². The van der Waals surface area contributed by atoms with E-state index in [4.69, 9.17) is 0 Å². The van der Waals surface area contributed by atoms with Gasteiger partial charge in [0.15, 0.2) is 0 Å². The van der Waals surface area contributed by atoms with Gasteiger partial charge in [-0.05, 0) is 68.2 Å². The van der Waals surface area contributed by atoms with Crippen LogP contribution in [-0.2, 0) is 19.3 Å². The number of aryl methyl sites for hydroxylation is 2. The number of benzene rings is 1. The molecule has 116 valence electrons. The van der Waals surface area contributed by atoms with Gasteiger partial charge >= 0.3 is 0 Å². The van der Waals surface area contributed by atoms with Gasteiger partial charge in [0.05, 0.1) is 17.7 Å². The molecule has 21 heavy (non-hydrogen) atoms. The maximum atomic E-state index is 4.54. The topological polar surface area (TPSA) is 24.7 Å². The molecular formula is C19H30N2. The van der Waals surface area contributed by atoms with Gasteiger partial charge in [-0.3, -0.25) is 0 Å². The molecule has 0 aliphatic carbocycles. The molecule has 1 aromatic carbocycles. The summed E-state index contributed by atoms with van der Waals surface area (Å²) in [6.45, 7) is 15.3. The van der Waals surface area contributed by atoms with Gasteiger partial charge in [-0.1, -0.05) is 33.8 Å². The van der Waals surface area contributed by atoms with Gasteiger partial charge in [0.1, 0.15) is 0 Å². The summed E-state index contributed by atoms with van der Waals surface area (Å²) in [6, 6.07) is 5.46. The molecule has 0 spiro atoms. The van der Waals surface area contributed by atoms with Crippen molar-refractivity contribution in [2.24, 2.45) is 15.9 Å². The van der Waals surface area contributed by atoms with E-state index in [0.29, 0.717) is 5.92 Å². The Hall–Kier alpha value is -1.40. The molecule has 0 amide bonds. The summed E-state index contributed by atoms with van der Waals surface area (Å²) in [5.41, 5.74) is 6.64. The van der Waals surface area contributed by atoms with Crippen LogP contribution in [0.4, 0.5) is 5.69 Å². The maximum Gasteiger partial charge on any atom is 0.0951 e. The molecule has 0 radical (unpaired) electrons. The van der Waals surface area contributed by atoms with Crippen LogP contribution >= 0.6 is 0 Å². The summed E-state index contributed by atoms with van der Waals surface area (Å²) in [5.74, 6) is 0.655. The Morgan fingerprint density at radius 1 is 1.05 bits per heavy atom. The van der Waals surface area contributed by atoms with Gasteiger partial charge in [-0.15, -0.1) is 0 Å². The van der Waals surface area contributed by atoms with Crippen molar-refractivity contribution in [1.82, 2.24) is 0 Å². The number of nitrogens with zero attached hydrogens (tertiary/aromatic N) is 2. The van der Waals surface area contributed by atoms with E-state index in [1.807, 2.05) is 13.8 Å². The van der Waals surface area contributed by atoms with Crippen molar-refractivity contribution in [3.8, 4) is 0 Å². The second kappa shape index (κ2) is 8.14. The third-order valence-electron chi connectivity index (χ3n) is 3.70. The first-order chi connectivity index (χ1) is 9.90. The van der Waals surface area contributed by atoms with Crippen molar-refractivity contribution in [3.63, 3.8) is 0 Å². The maximum absolute atomic E-state index is 4.54. The van der Waals surface area contributed by atoms with Gasteiger partial charge in [0.25, 0.3) is 0 Å². The summed E-state index contributed by atoms with van der Waals surface area (Å²) in [7, 11) is 0. The SMILES string of the molecule is CCc1cc(CC)c(N=C=NC(C)C)c(C)c1CC(C)C. The smallest absolute Gasteiger partial charge is 0.0951 e. The van der Waals surface area contributed by atoms with Crippen LogP contribution in [0.15, 0.2) is 16.1 Å². The van der Waals surface area contributed by atoms with E-state index in [1.165, 1.54) is 22.3 Å². The van der Waals surface area contributed by atoms with E-state index in [2.05, 4.69) is 56.7 Å². The van der Waals surface area contributed by atoms with E-state index >= 15 is 0 Å². The highest BCUT2D eigenvalue weighted by Crippen LogP contribution is 2.32. The van der Waals surface area contributed by atoms with Crippen LogP contribution in [0.3, 0.4) is 0 Å². The van der Waals surface area contributed by atoms with Crippen LogP contribution in [0.2, 0.25) is 0 Å². The average Bonchev–Trinajstić information content (AvgIpc) is 2.42. The summed E-state index contributed by atoms with van der Waals surface area (Å²) in [4.78, 5) is 8.80. The van der Waals surface area contributed by atoms with Crippen molar-refractivity contribution in [2.75, 3.05) is 0 Å². The summed E-state index contributed by atoms with van der Waals surface area (Å²) >= 11 is 0. The first-order valence-corrected chi connectivity index (χ1v) is 8.20. The van der Waals surface area contributed by atoms with E-state index in [0.717, 1.165) is 24.9 Å². The first-order valence-electron chi connectivity index (χ1n) is 8.20. The molecule has 2 heteroatoms. The van der Waals surface area contributed by atoms with Crippen LogP contribution < -0.4 is 0 Å². The fourth-order valence-corrected chi connectivity index (χ4v) is 2.62. The zero-order valence-corrected chi connectivity index (χ0v) is 14.7. The Labute approximate surface area is 130 Å². The second-order valence-corrected chi connectivity index (χ2v) is 6.39. The number of rotatable bonds is 6. The van der Waals surface area contributed by atoms with E-state index < -0.39 is 0 Å². The predicted octanol–water partition coefficient (Wildman–Crippen LogP) is 5.53. The van der Waals surface area contributed by atoms with Crippen LogP contribution in [0.25, 0.3) is 0 Å². The van der Waals surface area contributed by atoms with Gasteiger partial charge in [-0.2, -0.15) is 4.99 Å². The lowest BCUT2D eigenvalue weighted by Gasteiger charge is -2.18. The largest absolute Gasteiger partial charge is 0.223 e. The first kappa shape index (κ1) is 17.7. The Morgan fingerprint density at radius 3 is 2.14 bits per heavy atom. The summed E-state index contributed by atoms with van der Waals surface area (Å²) in [6.07, 6.45) is 3.20. The highest BCUT2D eigenvalue weighted by atomic mass is 14.8. The molecule has 0 bridgehead atoms. The Balaban J connectivity index is 3.43. The van der Waals surface area contributed by atoms with E-state index in [9.17, 15) is 0 Å². The normalized spacial score (nSPS) is 10.9. The van der Waals surface area contributed by atoms with Crippen LogP contribution in [0.5, 0.6) is 0 Å². The number of aliphatic imine (C=N–C) groups is 2. The lowest BCUT2D eigenvalue weighted by Crippen LogP contribution is -2.04. The quantitative estimate of drug-likeness (QED) is 0.614. The highest BCUT2D eigenvalue weighted by Gasteiger charge is 2.14. The summed E-state index contributed by atoms with van der Waals surface area (Å²) < 4.78 is 0. The molecule has 0 saturated carbocycles. The van der Waals surface area contributed by atoms with Gasteiger partial charge in [0, 0.05) is 0 Å². The lowest BCUT2D eigenvalue weighted by molar-refractivity contribution is 0.640. The minimum Gasteiger partial charge on any atom is -0.223 e. The highest BCUT2D eigenvalue weighted by molar-refractivity contribution is 5.64. The lowest BCUT2D eigenvalue weighted by atomic mass is 9.89. The van der Waals surface area contributed by atoms with Crippen LogP contribution in [-0.4, -0.2) is 12.1 Å². The van der Waals surface area contributed by atoms with Crippen molar-refractivity contribution in [1.29, 1.82) is 0 Å². The Kier molecular flexibility index (Phi) is 6.84. The van der Waals surface area contributed by atoms with Crippen molar-refractivity contribution >= 4 is 11.7 Å². The van der Waals surface area contributed by atoms with E-state index in [1.54, 1.807) is 0 Å². The molecule has 1 aromatic rings. The minimum atomic E-state index is 0.240. The van der Waals surface area contributed by atoms with Crippen molar-refractivity contribution in [3.05, 3.63) is 28.3 Å². The molecule has 1 rings (SSSR count). The number of hydrogen-bond acceptors (Lipinski definition) is 2. The molecule has 0 aliphatic heterocycles. The minimum absolute atomic E-state index is 0.240. The third kappa shape index (κ3) is 4.82.